The fourth-order valence-electron chi connectivity index (χ4n) is 4.47. The summed E-state index contributed by atoms with van der Waals surface area (Å²) >= 11 is 0. The van der Waals surface area contributed by atoms with Gasteiger partial charge in [-0.15, -0.1) is 0 Å². The van der Waals surface area contributed by atoms with E-state index in [-0.39, 0.29) is 30.8 Å². The monoisotopic (exact) mass is 426 g/mol. The van der Waals surface area contributed by atoms with E-state index in [9.17, 15) is 22.8 Å². The Labute approximate surface area is 172 Å². The van der Waals surface area contributed by atoms with Crippen molar-refractivity contribution in [3.05, 3.63) is 17.7 Å². The van der Waals surface area contributed by atoms with E-state index in [1.165, 1.54) is 4.90 Å². The average Bonchev–Trinajstić information content (AvgIpc) is 3.28. The Bertz CT molecular complexity index is 834. The molecule has 30 heavy (non-hydrogen) atoms. The number of nitrogens with one attached hydrogen (secondary N) is 1. The first kappa shape index (κ1) is 20.8. The second-order valence-corrected chi connectivity index (χ2v) is 8.24. The number of likely N-dealkylation sites (N-methyl/N-ethyl adjacent to an activating group) is 1. The molecule has 0 radical (unpaired) electrons. The van der Waals surface area contributed by atoms with Crippen LogP contribution in [0.1, 0.15) is 44.1 Å². The zero-order valence-electron chi connectivity index (χ0n) is 16.8. The van der Waals surface area contributed by atoms with Gasteiger partial charge in [-0.2, -0.15) is 13.2 Å². The van der Waals surface area contributed by atoms with Crippen LogP contribution in [0.2, 0.25) is 0 Å². The Morgan fingerprint density at radius 2 is 1.90 bits per heavy atom. The van der Waals surface area contributed by atoms with Crippen LogP contribution in [0.25, 0.3) is 0 Å². The van der Waals surface area contributed by atoms with Crippen molar-refractivity contribution in [3.8, 4) is 11.5 Å². The van der Waals surface area contributed by atoms with Crippen molar-refractivity contribution < 1.29 is 32.2 Å². The third-order valence-electron chi connectivity index (χ3n) is 6.25. The minimum atomic E-state index is -4.15. The summed E-state index contributed by atoms with van der Waals surface area (Å²) in [4.78, 5) is 25.9. The summed E-state index contributed by atoms with van der Waals surface area (Å²) in [5, 5.41) is 2.85. The summed E-state index contributed by atoms with van der Waals surface area (Å²) in [6.45, 7) is 0.486. The molecule has 1 saturated carbocycles. The Kier molecular flexibility index (Phi) is 5.55. The van der Waals surface area contributed by atoms with E-state index in [1.54, 1.807) is 13.1 Å². The summed E-state index contributed by atoms with van der Waals surface area (Å²) in [6.07, 6.45) is -2.16. The Morgan fingerprint density at radius 1 is 1.17 bits per heavy atom. The van der Waals surface area contributed by atoms with Gasteiger partial charge < -0.3 is 19.7 Å². The van der Waals surface area contributed by atoms with Crippen LogP contribution in [-0.4, -0.2) is 48.7 Å². The third-order valence-corrected chi connectivity index (χ3v) is 6.25. The molecule has 2 aliphatic heterocycles. The zero-order valence-corrected chi connectivity index (χ0v) is 16.8. The minimum Gasteiger partial charge on any atom is -0.491 e. The zero-order chi connectivity index (χ0) is 21.5. The maximum absolute atomic E-state index is 12.9. The lowest BCUT2D eigenvalue weighted by atomic mass is 9.87. The van der Waals surface area contributed by atoms with Gasteiger partial charge in [-0.1, -0.05) is 0 Å². The average molecular weight is 426 g/mol. The smallest absolute Gasteiger partial charge is 0.391 e. The van der Waals surface area contributed by atoms with Gasteiger partial charge in [0.1, 0.15) is 17.5 Å². The normalized spacial score (nSPS) is 26.3. The summed E-state index contributed by atoms with van der Waals surface area (Å²) in [7, 11) is 1.61. The molecule has 4 rings (SSSR count). The van der Waals surface area contributed by atoms with E-state index < -0.39 is 18.1 Å². The number of carbonyl (C=O) groups is 2. The number of fused-ring (bicyclic) bond motifs is 1. The minimum absolute atomic E-state index is 0.0633. The first-order valence-corrected chi connectivity index (χ1v) is 10.3. The van der Waals surface area contributed by atoms with Crippen molar-refractivity contribution in [3.63, 3.8) is 0 Å². The molecule has 0 aromatic heterocycles. The van der Waals surface area contributed by atoms with Crippen LogP contribution in [0.4, 0.5) is 18.9 Å². The fraction of sp³-hybridized carbons (Fsp3) is 0.619. The molecule has 9 heteroatoms. The van der Waals surface area contributed by atoms with Gasteiger partial charge in [0.25, 0.3) is 0 Å². The van der Waals surface area contributed by atoms with Crippen molar-refractivity contribution in [2.24, 2.45) is 5.92 Å². The highest BCUT2D eigenvalue weighted by Crippen LogP contribution is 2.41. The number of amides is 2. The number of halogens is 3. The standard InChI is InChI=1S/C21H25F3N2O4/c1-26-17(6-7-18(26)27)20(28)25-16-11-15(10-12-8-9-29-19(12)16)30-14-4-2-13(3-5-14)21(22,23)24/h10-11,13-14,17H,2-9H2,1H3,(H,25,28)/t13-,14-,17-/m0/s1. The van der Waals surface area contributed by atoms with Gasteiger partial charge >= 0.3 is 6.18 Å². The molecule has 0 unspecified atom stereocenters. The number of rotatable bonds is 4. The summed E-state index contributed by atoms with van der Waals surface area (Å²) in [5.74, 6) is -0.511. The number of hydrogen-bond acceptors (Lipinski definition) is 4. The molecule has 1 atom stereocenters. The highest BCUT2D eigenvalue weighted by atomic mass is 19.4. The quantitative estimate of drug-likeness (QED) is 0.798. The highest BCUT2D eigenvalue weighted by molar-refractivity contribution is 6.00. The van der Waals surface area contributed by atoms with Gasteiger partial charge in [-0.25, -0.2) is 0 Å². The Balaban J connectivity index is 1.46. The predicted octanol–water partition coefficient (Wildman–Crippen LogP) is 3.68. The molecular weight excluding hydrogens is 401 g/mol. The summed E-state index contributed by atoms with van der Waals surface area (Å²) in [5.41, 5.74) is 1.37. The van der Waals surface area contributed by atoms with E-state index >= 15 is 0 Å². The SMILES string of the molecule is CN1C(=O)CC[C@H]1C(=O)Nc1cc(O[C@H]2CC[C@H](C(F)(F)F)CC2)cc2c1OCC2. The highest BCUT2D eigenvalue weighted by Gasteiger charge is 2.42. The van der Waals surface area contributed by atoms with Crippen LogP contribution in [0.3, 0.4) is 0 Å². The van der Waals surface area contributed by atoms with E-state index in [2.05, 4.69) is 5.32 Å². The molecule has 1 aromatic rings. The van der Waals surface area contributed by atoms with Crippen LogP contribution in [-0.2, 0) is 16.0 Å². The van der Waals surface area contributed by atoms with E-state index in [0.717, 1.165) is 5.56 Å². The molecule has 164 valence electrons. The molecule has 1 aromatic carbocycles. The van der Waals surface area contributed by atoms with Gasteiger partial charge in [-0.05, 0) is 38.2 Å². The van der Waals surface area contributed by atoms with Gasteiger partial charge in [0, 0.05) is 31.5 Å². The van der Waals surface area contributed by atoms with Crippen molar-refractivity contribution in [1.29, 1.82) is 0 Å². The molecule has 0 spiro atoms. The number of carbonyl (C=O) groups excluding carboxylic acids is 2. The largest absolute Gasteiger partial charge is 0.491 e. The molecule has 3 aliphatic rings. The number of likely N-dealkylation sites (tertiary alicyclic amines) is 1. The molecule has 0 bridgehead atoms. The molecule has 6 nitrogen and oxygen atoms in total. The molecular formula is C21H25F3N2O4. The number of benzene rings is 1. The van der Waals surface area contributed by atoms with Crippen molar-refractivity contribution in [2.45, 2.75) is 63.3 Å². The van der Waals surface area contributed by atoms with Gasteiger partial charge in [-0.3, -0.25) is 9.59 Å². The first-order valence-electron chi connectivity index (χ1n) is 10.3. The van der Waals surface area contributed by atoms with Crippen LogP contribution in [0, 0.1) is 5.92 Å². The predicted molar refractivity (Wildman–Crippen MR) is 102 cm³/mol. The number of hydrogen-bond donors (Lipinski definition) is 1. The number of ether oxygens (including phenoxy) is 2. The lowest BCUT2D eigenvalue weighted by Gasteiger charge is -2.30. The molecule has 2 heterocycles. The van der Waals surface area contributed by atoms with Crippen LogP contribution < -0.4 is 14.8 Å². The van der Waals surface area contributed by atoms with Gasteiger partial charge in [0.15, 0.2) is 0 Å². The van der Waals surface area contributed by atoms with Crippen LogP contribution in [0.5, 0.6) is 11.5 Å². The Hall–Kier alpha value is -2.45. The fourth-order valence-corrected chi connectivity index (χ4v) is 4.47. The molecule has 1 saturated heterocycles. The van der Waals surface area contributed by atoms with Crippen molar-refractivity contribution >= 4 is 17.5 Å². The number of anilines is 1. The lowest BCUT2D eigenvalue weighted by Crippen LogP contribution is -2.38. The van der Waals surface area contributed by atoms with Crippen molar-refractivity contribution in [2.75, 3.05) is 19.0 Å². The molecule has 1 N–H and O–H groups in total. The van der Waals surface area contributed by atoms with Crippen LogP contribution >= 0.6 is 0 Å². The second-order valence-electron chi connectivity index (χ2n) is 8.24. The number of alkyl halides is 3. The topological polar surface area (TPSA) is 67.9 Å². The van der Waals surface area contributed by atoms with Crippen LogP contribution in [0.15, 0.2) is 12.1 Å². The van der Waals surface area contributed by atoms with E-state index in [0.29, 0.717) is 55.9 Å². The maximum atomic E-state index is 12.9. The van der Waals surface area contributed by atoms with Gasteiger partial charge in [0.05, 0.1) is 24.3 Å². The first-order chi connectivity index (χ1) is 14.2. The second kappa shape index (κ2) is 8.00. The van der Waals surface area contributed by atoms with Crippen molar-refractivity contribution in [1.82, 2.24) is 4.90 Å². The van der Waals surface area contributed by atoms with E-state index in [1.807, 2.05) is 6.07 Å². The Morgan fingerprint density at radius 3 is 2.53 bits per heavy atom. The number of nitrogens with zero attached hydrogens (tertiary/aromatic N) is 1. The summed E-state index contributed by atoms with van der Waals surface area (Å²) in [6, 6.07) is 2.96. The lowest BCUT2D eigenvalue weighted by molar-refractivity contribution is -0.185. The maximum Gasteiger partial charge on any atom is 0.391 e. The molecule has 1 aliphatic carbocycles. The van der Waals surface area contributed by atoms with E-state index in [4.69, 9.17) is 9.47 Å². The molecule has 2 amide bonds. The third kappa shape index (κ3) is 4.20. The molecule has 2 fully saturated rings. The van der Waals surface area contributed by atoms with Gasteiger partial charge in [0.2, 0.25) is 11.8 Å². The summed E-state index contributed by atoms with van der Waals surface area (Å²) < 4.78 is 50.3.